The van der Waals surface area contributed by atoms with E-state index in [0.29, 0.717) is 10.7 Å². The fourth-order valence-corrected chi connectivity index (χ4v) is 3.94. The smallest absolute Gasteiger partial charge is 0.244 e. The lowest BCUT2D eigenvalue weighted by atomic mass is 10.1. The Bertz CT molecular complexity index is 1010. The van der Waals surface area contributed by atoms with Gasteiger partial charge in [-0.15, -0.1) is 0 Å². The third-order valence-electron chi connectivity index (χ3n) is 4.65. The van der Waals surface area contributed by atoms with E-state index in [1.165, 1.54) is 11.9 Å². The molecule has 162 valence electrons. The SMILES string of the molecule is CNC(=O)C(C)N(Cc1ccc(Cl)cc1)C(=O)CN(c1cccc(C)c1)S(C)(=O)=O. The molecular formula is C21H26ClN3O4S. The predicted octanol–water partition coefficient (Wildman–Crippen LogP) is 2.58. The van der Waals surface area contributed by atoms with Crippen LogP contribution in [-0.2, 0) is 26.2 Å². The van der Waals surface area contributed by atoms with E-state index in [1.54, 1.807) is 49.4 Å². The summed E-state index contributed by atoms with van der Waals surface area (Å²) in [5, 5.41) is 3.09. The number of rotatable bonds is 8. The van der Waals surface area contributed by atoms with Gasteiger partial charge in [-0.05, 0) is 49.2 Å². The summed E-state index contributed by atoms with van der Waals surface area (Å²) in [7, 11) is -2.24. The van der Waals surface area contributed by atoms with Crippen LogP contribution >= 0.6 is 11.6 Å². The van der Waals surface area contributed by atoms with Crippen molar-refractivity contribution in [2.75, 3.05) is 24.2 Å². The van der Waals surface area contributed by atoms with Crippen molar-refractivity contribution in [3.63, 3.8) is 0 Å². The van der Waals surface area contributed by atoms with E-state index < -0.39 is 28.5 Å². The lowest BCUT2D eigenvalue weighted by Gasteiger charge is -2.31. The fraction of sp³-hybridized carbons (Fsp3) is 0.333. The maximum atomic E-state index is 13.2. The Morgan fingerprint density at radius 3 is 2.30 bits per heavy atom. The largest absolute Gasteiger partial charge is 0.357 e. The topological polar surface area (TPSA) is 86.8 Å². The standard InChI is InChI=1S/C21H26ClN3O4S/c1-15-6-5-7-19(12-15)25(30(4,28)29)14-20(26)24(16(2)21(27)23-3)13-17-8-10-18(22)11-9-17/h5-12,16H,13-14H2,1-4H3,(H,23,27). The number of hydrogen-bond acceptors (Lipinski definition) is 4. The molecule has 0 spiro atoms. The van der Waals surface area contributed by atoms with Crippen LogP contribution in [0.2, 0.25) is 5.02 Å². The molecule has 0 fully saturated rings. The number of carbonyl (C=O) groups excluding carboxylic acids is 2. The van der Waals surface area contributed by atoms with E-state index in [4.69, 9.17) is 11.6 Å². The first-order valence-corrected chi connectivity index (χ1v) is 11.6. The molecule has 0 heterocycles. The van der Waals surface area contributed by atoms with Crippen molar-refractivity contribution in [2.45, 2.75) is 26.4 Å². The first-order valence-electron chi connectivity index (χ1n) is 9.33. The number of hydrogen-bond donors (Lipinski definition) is 1. The Morgan fingerprint density at radius 1 is 1.13 bits per heavy atom. The summed E-state index contributed by atoms with van der Waals surface area (Å²) in [6, 6.07) is 13.0. The lowest BCUT2D eigenvalue weighted by molar-refractivity contribution is -0.139. The van der Waals surface area contributed by atoms with E-state index in [2.05, 4.69) is 5.32 Å². The first kappa shape index (κ1) is 23.7. The molecule has 2 rings (SSSR count). The number of anilines is 1. The van der Waals surface area contributed by atoms with Crippen molar-refractivity contribution >= 4 is 39.1 Å². The Labute approximate surface area is 182 Å². The summed E-state index contributed by atoms with van der Waals surface area (Å²) in [6.07, 6.45) is 1.05. The molecule has 0 radical (unpaired) electrons. The third kappa shape index (κ3) is 6.21. The molecule has 1 atom stereocenters. The molecule has 0 saturated heterocycles. The van der Waals surface area contributed by atoms with Gasteiger partial charge in [0.25, 0.3) is 0 Å². The fourth-order valence-electron chi connectivity index (χ4n) is 2.97. The van der Waals surface area contributed by atoms with Gasteiger partial charge in [-0.25, -0.2) is 8.42 Å². The number of aryl methyl sites for hydroxylation is 1. The van der Waals surface area contributed by atoms with Crippen LogP contribution in [0.1, 0.15) is 18.1 Å². The summed E-state index contributed by atoms with van der Waals surface area (Å²) >= 11 is 5.93. The van der Waals surface area contributed by atoms with E-state index in [9.17, 15) is 18.0 Å². The molecule has 0 bridgehead atoms. The Kier molecular flexibility index (Phi) is 7.86. The molecule has 1 N–H and O–H groups in total. The van der Waals surface area contributed by atoms with Gasteiger partial charge in [-0.3, -0.25) is 13.9 Å². The predicted molar refractivity (Wildman–Crippen MR) is 119 cm³/mol. The molecule has 0 saturated carbocycles. The average molecular weight is 452 g/mol. The van der Waals surface area contributed by atoms with Crippen LogP contribution < -0.4 is 9.62 Å². The van der Waals surface area contributed by atoms with Crippen LogP contribution in [0.25, 0.3) is 0 Å². The molecular weight excluding hydrogens is 426 g/mol. The van der Waals surface area contributed by atoms with Gasteiger partial charge >= 0.3 is 0 Å². The zero-order valence-electron chi connectivity index (χ0n) is 17.4. The number of amides is 2. The number of sulfonamides is 1. The van der Waals surface area contributed by atoms with Gasteiger partial charge in [0.2, 0.25) is 21.8 Å². The highest BCUT2D eigenvalue weighted by Crippen LogP contribution is 2.20. The van der Waals surface area contributed by atoms with Crippen molar-refractivity contribution in [3.05, 3.63) is 64.7 Å². The van der Waals surface area contributed by atoms with Gasteiger partial charge in [-0.1, -0.05) is 35.9 Å². The summed E-state index contributed by atoms with van der Waals surface area (Å²) < 4.78 is 25.9. The zero-order chi connectivity index (χ0) is 22.5. The minimum atomic E-state index is -3.73. The molecule has 0 aliphatic rings. The summed E-state index contributed by atoms with van der Waals surface area (Å²) in [5.41, 5.74) is 2.03. The normalized spacial score (nSPS) is 12.2. The minimum absolute atomic E-state index is 0.135. The Hall–Kier alpha value is -2.58. The second kappa shape index (κ2) is 9.95. The molecule has 2 aromatic carbocycles. The maximum Gasteiger partial charge on any atom is 0.244 e. The Morgan fingerprint density at radius 2 is 1.77 bits per heavy atom. The number of halogens is 1. The van der Waals surface area contributed by atoms with Gasteiger partial charge in [-0.2, -0.15) is 0 Å². The average Bonchev–Trinajstić information content (AvgIpc) is 2.69. The molecule has 30 heavy (non-hydrogen) atoms. The van der Waals surface area contributed by atoms with Crippen LogP contribution in [0, 0.1) is 6.92 Å². The molecule has 7 nitrogen and oxygen atoms in total. The first-order chi connectivity index (χ1) is 14.0. The number of likely N-dealkylation sites (N-methyl/N-ethyl adjacent to an activating group) is 1. The van der Waals surface area contributed by atoms with Crippen molar-refractivity contribution < 1.29 is 18.0 Å². The van der Waals surface area contributed by atoms with Gasteiger partial charge in [0.15, 0.2) is 0 Å². The number of benzene rings is 2. The molecule has 0 aliphatic heterocycles. The number of nitrogens with one attached hydrogen (secondary N) is 1. The monoisotopic (exact) mass is 451 g/mol. The van der Waals surface area contributed by atoms with Crippen molar-refractivity contribution in [1.29, 1.82) is 0 Å². The van der Waals surface area contributed by atoms with Crippen LogP contribution in [0.5, 0.6) is 0 Å². The minimum Gasteiger partial charge on any atom is -0.357 e. The molecule has 0 aromatic heterocycles. The van der Waals surface area contributed by atoms with Crippen LogP contribution in [-0.4, -0.2) is 51.0 Å². The maximum absolute atomic E-state index is 13.2. The van der Waals surface area contributed by atoms with Gasteiger partial charge in [0, 0.05) is 18.6 Å². The highest BCUT2D eigenvalue weighted by molar-refractivity contribution is 7.92. The van der Waals surface area contributed by atoms with Gasteiger partial charge < -0.3 is 10.2 Å². The summed E-state index contributed by atoms with van der Waals surface area (Å²) in [6.45, 7) is 3.16. The summed E-state index contributed by atoms with van der Waals surface area (Å²) in [5.74, 6) is -0.841. The number of nitrogens with zero attached hydrogens (tertiary/aromatic N) is 2. The second-order valence-corrected chi connectivity index (χ2v) is 9.39. The van der Waals surface area contributed by atoms with Crippen LogP contribution in [0.4, 0.5) is 5.69 Å². The van der Waals surface area contributed by atoms with Crippen LogP contribution in [0.3, 0.4) is 0 Å². The highest BCUT2D eigenvalue weighted by Gasteiger charge is 2.29. The second-order valence-electron chi connectivity index (χ2n) is 7.05. The molecule has 2 amide bonds. The molecule has 2 aromatic rings. The van der Waals surface area contributed by atoms with Crippen molar-refractivity contribution in [2.24, 2.45) is 0 Å². The molecule has 9 heteroatoms. The van der Waals surface area contributed by atoms with E-state index in [0.717, 1.165) is 21.7 Å². The van der Waals surface area contributed by atoms with E-state index >= 15 is 0 Å². The third-order valence-corrected chi connectivity index (χ3v) is 6.04. The quantitative estimate of drug-likeness (QED) is 0.668. The lowest BCUT2D eigenvalue weighted by Crippen LogP contribution is -2.50. The molecule has 1 unspecified atom stereocenters. The van der Waals surface area contributed by atoms with Gasteiger partial charge in [0.05, 0.1) is 11.9 Å². The highest BCUT2D eigenvalue weighted by atomic mass is 35.5. The van der Waals surface area contributed by atoms with Crippen molar-refractivity contribution in [3.8, 4) is 0 Å². The Balaban J connectivity index is 2.36. The van der Waals surface area contributed by atoms with E-state index in [1.807, 2.05) is 13.0 Å². The van der Waals surface area contributed by atoms with Crippen molar-refractivity contribution in [1.82, 2.24) is 10.2 Å². The zero-order valence-corrected chi connectivity index (χ0v) is 19.0. The van der Waals surface area contributed by atoms with Gasteiger partial charge in [0.1, 0.15) is 12.6 Å². The number of carbonyl (C=O) groups is 2. The van der Waals surface area contributed by atoms with Crippen LogP contribution in [0.15, 0.2) is 48.5 Å². The summed E-state index contributed by atoms with van der Waals surface area (Å²) in [4.78, 5) is 26.8. The molecule has 0 aliphatic carbocycles. The van der Waals surface area contributed by atoms with E-state index in [-0.39, 0.29) is 12.5 Å².